The normalized spacial score (nSPS) is 10.5. The molecular weight excluding hydrogens is 144 g/mol. The molecule has 1 heterocycles. The third-order valence-corrected chi connectivity index (χ3v) is 1.97. The summed E-state index contributed by atoms with van der Waals surface area (Å²) in [6.45, 7) is 2.05. The van der Waals surface area contributed by atoms with Crippen LogP contribution in [0.5, 0.6) is 0 Å². The lowest BCUT2D eigenvalue weighted by Gasteiger charge is -1.87. The summed E-state index contributed by atoms with van der Waals surface area (Å²) in [5, 5.41) is 0. The van der Waals surface area contributed by atoms with Gasteiger partial charge in [0.1, 0.15) is 11.0 Å². The fourth-order valence-corrected chi connectivity index (χ4v) is 1.41. The molecule has 0 aliphatic rings. The molecule has 10 heavy (non-hydrogen) atoms. The largest absolute Gasteiger partial charge is 0.173 e. The molecule has 2 rings (SSSR count). The lowest BCUT2D eigenvalue weighted by Crippen LogP contribution is -1.71. The maximum absolute atomic E-state index is 4.11. The summed E-state index contributed by atoms with van der Waals surface area (Å²) in [5.74, 6) is 0. The van der Waals surface area contributed by atoms with Gasteiger partial charge in [-0.15, -0.1) is 0 Å². The molecule has 0 aliphatic carbocycles. The van der Waals surface area contributed by atoms with E-state index in [1.54, 1.807) is 0 Å². The summed E-state index contributed by atoms with van der Waals surface area (Å²) in [6.07, 6.45) is 0. The van der Waals surface area contributed by atoms with Crippen LogP contribution in [0.3, 0.4) is 0 Å². The van der Waals surface area contributed by atoms with Crippen LogP contribution in [0.25, 0.3) is 11.0 Å². The van der Waals surface area contributed by atoms with Gasteiger partial charge in [0.15, 0.2) is 0 Å². The Bertz CT molecular complexity index is 353. The van der Waals surface area contributed by atoms with Crippen molar-refractivity contribution in [2.24, 2.45) is 0 Å². The van der Waals surface area contributed by atoms with E-state index < -0.39 is 0 Å². The highest BCUT2D eigenvalue weighted by molar-refractivity contribution is 7.00. The van der Waals surface area contributed by atoms with Crippen molar-refractivity contribution < 1.29 is 0 Å². The van der Waals surface area contributed by atoms with E-state index in [4.69, 9.17) is 0 Å². The van der Waals surface area contributed by atoms with Crippen LogP contribution in [0, 0.1) is 6.92 Å². The van der Waals surface area contributed by atoms with Gasteiger partial charge in [-0.2, -0.15) is 8.75 Å². The van der Waals surface area contributed by atoms with Crippen LogP contribution >= 0.6 is 11.7 Å². The summed E-state index contributed by atoms with van der Waals surface area (Å²) in [7, 11) is 0. The second-order valence-electron chi connectivity index (χ2n) is 2.26. The fraction of sp³-hybridized carbons (Fsp3) is 0.143. The zero-order chi connectivity index (χ0) is 6.97. The van der Waals surface area contributed by atoms with Crippen LogP contribution in [0.1, 0.15) is 5.56 Å². The maximum atomic E-state index is 4.11. The highest BCUT2D eigenvalue weighted by atomic mass is 32.1. The Morgan fingerprint density at radius 3 is 2.90 bits per heavy atom. The molecule has 0 atom stereocenters. The SMILES string of the molecule is Cc1ccc2nsnc2c1. The highest BCUT2D eigenvalue weighted by Crippen LogP contribution is 2.11. The summed E-state index contributed by atoms with van der Waals surface area (Å²) in [6, 6.07) is 6.08. The molecule has 0 spiro atoms. The van der Waals surface area contributed by atoms with Crippen LogP contribution < -0.4 is 0 Å². The monoisotopic (exact) mass is 150 g/mol. The van der Waals surface area contributed by atoms with E-state index in [1.165, 1.54) is 17.3 Å². The van der Waals surface area contributed by atoms with Gasteiger partial charge in [-0.1, -0.05) is 6.07 Å². The summed E-state index contributed by atoms with van der Waals surface area (Å²) in [4.78, 5) is 0. The average molecular weight is 150 g/mol. The lowest BCUT2D eigenvalue weighted by molar-refractivity contribution is 1.48. The summed E-state index contributed by atoms with van der Waals surface area (Å²) >= 11 is 1.26. The van der Waals surface area contributed by atoms with Crippen molar-refractivity contribution in [1.82, 2.24) is 8.75 Å². The molecule has 0 N–H and O–H groups in total. The Labute approximate surface area is 62.8 Å². The maximum Gasteiger partial charge on any atom is 0.105 e. The number of hydrogen-bond donors (Lipinski definition) is 0. The highest BCUT2D eigenvalue weighted by Gasteiger charge is 1.95. The molecule has 3 heteroatoms. The molecule has 0 aliphatic heterocycles. The minimum Gasteiger partial charge on any atom is -0.173 e. The topological polar surface area (TPSA) is 25.8 Å². The Morgan fingerprint density at radius 1 is 1.20 bits per heavy atom. The van der Waals surface area contributed by atoms with Crippen molar-refractivity contribution in [1.29, 1.82) is 0 Å². The number of aryl methyl sites for hydroxylation is 1. The number of hydrogen-bond acceptors (Lipinski definition) is 3. The van der Waals surface area contributed by atoms with Crippen molar-refractivity contribution in [2.75, 3.05) is 0 Å². The number of benzene rings is 1. The third-order valence-electron chi connectivity index (χ3n) is 1.41. The van der Waals surface area contributed by atoms with Crippen molar-refractivity contribution in [3.05, 3.63) is 23.8 Å². The van der Waals surface area contributed by atoms with Gasteiger partial charge in [-0.3, -0.25) is 0 Å². The van der Waals surface area contributed by atoms with Gasteiger partial charge in [0.2, 0.25) is 0 Å². The molecule has 0 saturated carbocycles. The number of rotatable bonds is 0. The van der Waals surface area contributed by atoms with Gasteiger partial charge >= 0.3 is 0 Å². The first-order valence-corrected chi connectivity index (χ1v) is 3.78. The summed E-state index contributed by atoms with van der Waals surface area (Å²) < 4.78 is 8.20. The first kappa shape index (κ1) is 5.80. The molecule has 2 aromatic rings. The Kier molecular flexibility index (Phi) is 1.17. The van der Waals surface area contributed by atoms with Crippen LogP contribution in [-0.4, -0.2) is 8.75 Å². The lowest BCUT2D eigenvalue weighted by atomic mass is 10.2. The van der Waals surface area contributed by atoms with Gasteiger partial charge in [-0.05, 0) is 24.6 Å². The first-order valence-electron chi connectivity index (χ1n) is 3.05. The molecule has 0 saturated heterocycles. The predicted octanol–water partition coefficient (Wildman–Crippen LogP) is 2.00. The summed E-state index contributed by atoms with van der Waals surface area (Å²) in [5.41, 5.74) is 3.24. The van der Waals surface area contributed by atoms with Gasteiger partial charge in [-0.25, -0.2) is 0 Å². The van der Waals surface area contributed by atoms with Crippen molar-refractivity contribution in [3.8, 4) is 0 Å². The van der Waals surface area contributed by atoms with E-state index in [0.717, 1.165) is 11.0 Å². The average Bonchev–Trinajstić information content (AvgIpc) is 2.33. The molecule has 1 aromatic carbocycles. The Hall–Kier alpha value is -0.960. The number of nitrogens with zero attached hydrogens (tertiary/aromatic N) is 2. The zero-order valence-electron chi connectivity index (χ0n) is 5.53. The fourth-order valence-electron chi connectivity index (χ4n) is 0.892. The molecule has 0 radical (unpaired) electrons. The Morgan fingerprint density at radius 2 is 2.00 bits per heavy atom. The van der Waals surface area contributed by atoms with E-state index >= 15 is 0 Å². The molecule has 0 unspecified atom stereocenters. The second-order valence-corrected chi connectivity index (χ2v) is 2.78. The standard InChI is InChI=1S/C7H6N2S/c1-5-2-3-6-7(4-5)9-10-8-6/h2-4H,1H3. The van der Waals surface area contributed by atoms with Gasteiger partial charge in [0.05, 0.1) is 11.7 Å². The van der Waals surface area contributed by atoms with Gasteiger partial charge in [0, 0.05) is 0 Å². The zero-order valence-corrected chi connectivity index (χ0v) is 6.35. The molecular formula is C7H6N2S. The van der Waals surface area contributed by atoms with Crippen LogP contribution in [0.15, 0.2) is 18.2 Å². The van der Waals surface area contributed by atoms with Crippen molar-refractivity contribution >= 4 is 22.8 Å². The van der Waals surface area contributed by atoms with Gasteiger partial charge < -0.3 is 0 Å². The van der Waals surface area contributed by atoms with Gasteiger partial charge in [0.25, 0.3) is 0 Å². The van der Waals surface area contributed by atoms with Crippen LogP contribution in [-0.2, 0) is 0 Å². The molecule has 1 aromatic heterocycles. The third kappa shape index (κ3) is 0.789. The van der Waals surface area contributed by atoms with E-state index in [9.17, 15) is 0 Å². The first-order chi connectivity index (χ1) is 4.86. The molecule has 0 amide bonds. The van der Waals surface area contributed by atoms with E-state index in [2.05, 4.69) is 15.7 Å². The van der Waals surface area contributed by atoms with Crippen LogP contribution in [0.2, 0.25) is 0 Å². The molecule has 50 valence electrons. The predicted molar refractivity (Wildman–Crippen MR) is 42.2 cm³/mol. The second kappa shape index (κ2) is 2.02. The number of fused-ring (bicyclic) bond motifs is 1. The Balaban J connectivity index is 2.86. The molecule has 0 fully saturated rings. The van der Waals surface area contributed by atoms with Crippen LogP contribution in [0.4, 0.5) is 0 Å². The quantitative estimate of drug-likeness (QED) is 0.574. The van der Waals surface area contributed by atoms with E-state index in [-0.39, 0.29) is 0 Å². The minimum absolute atomic E-state index is 0.996. The van der Waals surface area contributed by atoms with Crippen molar-refractivity contribution in [2.45, 2.75) is 6.92 Å². The molecule has 2 nitrogen and oxygen atoms in total. The van der Waals surface area contributed by atoms with E-state index in [0.29, 0.717) is 0 Å². The van der Waals surface area contributed by atoms with Crippen molar-refractivity contribution in [3.63, 3.8) is 0 Å². The number of aromatic nitrogens is 2. The van der Waals surface area contributed by atoms with E-state index in [1.807, 2.05) is 18.2 Å². The molecule has 0 bridgehead atoms. The minimum atomic E-state index is 0.996. The smallest absolute Gasteiger partial charge is 0.105 e.